The second-order valence-corrected chi connectivity index (χ2v) is 10.2. The molecule has 0 aromatic heterocycles. The van der Waals surface area contributed by atoms with E-state index in [-0.39, 0.29) is 17.5 Å². The average molecular weight is 501 g/mol. The van der Waals surface area contributed by atoms with Gasteiger partial charge in [-0.2, -0.15) is 0 Å². The molecule has 3 rings (SSSR count). The van der Waals surface area contributed by atoms with Gasteiger partial charge in [0.05, 0.1) is 23.7 Å². The van der Waals surface area contributed by atoms with E-state index in [9.17, 15) is 13.2 Å². The van der Waals surface area contributed by atoms with Crippen molar-refractivity contribution in [2.45, 2.75) is 38.1 Å². The van der Waals surface area contributed by atoms with Gasteiger partial charge in [-0.05, 0) is 67.3 Å². The van der Waals surface area contributed by atoms with Gasteiger partial charge in [-0.3, -0.25) is 9.10 Å². The highest BCUT2D eigenvalue weighted by atomic mass is 35.5. The van der Waals surface area contributed by atoms with Crippen LogP contribution >= 0.6 is 11.6 Å². The number of methoxy groups -OCH3 is 1. The third-order valence-electron chi connectivity index (χ3n) is 5.69. The summed E-state index contributed by atoms with van der Waals surface area (Å²) < 4.78 is 33.6. The Morgan fingerprint density at radius 1 is 1.06 bits per heavy atom. The second-order valence-electron chi connectivity index (χ2n) is 7.97. The zero-order valence-electron chi connectivity index (χ0n) is 19.7. The number of halogens is 1. The number of sulfonamides is 1. The fourth-order valence-corrected chi connectivity index (χ4v) is 5.46. The molecule has 0 fully saturated rings. The van der Waals surface area contributed by atoms with Crippen LogP contribution in [0.5, 0.6) is 5.75 Å². The maximum Gasteiger partial charge on any atom is 0.264 e. The van der Waals surface area contributed by atoms with Crippen LogP contribution < -0.4 is 14.4 Å². The Bertz CT molecular complexity index is 1260. The molecule has 3 aromatic carbocycles. The molecule has 34 heavy (non-hydrogen) atoms. The van der Waals surface area contributed by atoms with E-state index >= 15 is 0 Å². The topological polar surface area (TPSA) is 75.7 Å². The highest BCUT2D eigenvalue weighted by molar-refractivity contribution is 7.92. The van der Waals surface area contributed by atoms with E-state index < -0.39 is 15.9 Å². The number of carbonyl (C=O) groups excluding carboxylic acids is 1. The number of hydrogen-bond acceptors (Lipinski definition) is 4. The van der Waals surface area contributed by atoms with Crippen molar-refractivity contribution in [2.24, 2.45) is 0 Å². The molecule has 0 aliphatic carbocycles. The summed E-state index contributed by atoms with van der Waals surface area (Å²) in [6, 6.07) is 18.5. The number of carbonyl (C=O) groups is 1. The standard InChI is InChI=1S/C26H29ClN2O4S/c1-5-23(20-14-15-25(33-4)18(2)16-20)28-26(30)17-29(24-13-9-12-22(27)19(24)3)34(31,32)21-10-7-6-8-11-21/h6-16,23H,5,17H2,1-4H3,(H,28,30)/t23-/m0/s1. The van der Waals surface area contributed by atoms with Crippen LogP contribution in [-0.4, -0.2) is 28.0 Å². The van der Waals surface area contributed by atoms with Crippen molar-refractivity contribution in [2.75, 3.05) is 18.0 Å². The Kier molecular flexibility index (Phi) is 8.23. The number of rotatable bonds is 9. The van der Waals surface area contributed by atoms with Gasteiger partial charge in [-0.25, -0.2) is 8.42 Å². The van der Waals surface area contributed by atoms with Crippen molar-refractivity contribution in [1.82, 2.24) is 5.32 Å². The Morgan fingerprint density at radius 3 is 2.38 bits per heavy atom. The zero-order chi connectivity index (χ0) is 24.9. The van der Waals surface area contributed by atoms with Crippen molar-refractivity contribution in [3.8, 4) is 5.75 Å². The SMILES string of the molecule is CC[C@H](NC(=O)CN(c1cccc(Cl)c1C)S(=O)(=O)c1ccccc1)c1ccc(OC)c(C)c1. The van der Waals surface area contributed by atoms with Gasteiger partial charge >= 0.3 is 0 Å². The normalized spacial score (nSPS) is 12.1. The van der Waals surface area contributed by atoms with Crippen molar-refractivity contribution in [3.63, 3.8) is 0 Å². The lowest BCUT2D eigenvalue weighted by Gasteiger charge is -2.27. The molecule has 0 bridgehead atoms. The molecule has 8 heteroatoms. The third-order valence-corrected chi connectivity index (χ3v) is 7.87. The Labute approximate surface area is 206 Å². The predicted molar refractivity (Wildman–Crippen MR) is 136 cm³/mol. The Balaban J connectivity index is 1.94. The molecule has 1 atom stereocenters. The first-order chi connectivity index (χ1) is 16.2. The minimum Gasteiger partial charge on any atom is -0.496 e. The molecule has 6 nitrogen and oxygen atoms in total. The monoisotopic (exact) mass is 500 g/mol. The molecule has 0 saturated carbocycles. The van der Waals surface area contributed by atoms with Gasteiger partial charge in [-0.15, -0.1) is 0 Å². The summed E-state index contributed by atoms with van der Waals surface area (Å²) in [5, 5.41) is 3.41. The van der Waals surface area contributed by atoms with Crippen LogP contribution in [0.2, 0.25) is 5.02 Å². The van der Waals surface area contributed by atoms with Crippen molar-refractivity contribution < 1.29 is 17.9 Å². The van der Waals surface area contributed by atoms with E-state index in [4.69, 9.17) is 16.3 Å². The van der Waals surface area contributed by atoms with E-state index in [2.05, 4.69) is 5.32 Å². The molecule has 0 radical (unpaired) electrons. The molecule has 0 heterocycles. The number of aryl methyl sites for hydroxylation is 1. The number of nitrogens with zero attached hydrogens (tertiary/aromatic N) is 1. The first-order valence-electron chi connectivity index (χ1n) is 11.0. The van der Waals surface area contributed by atoms with Gasteiger partial charge in [-0.1, -0.05) is 54.9 Å². The van der Waals surface area contributed by atoms with Crippen LogP contribution in [0.25, 0.3) is 0 Å². The number of amides is 1. The first kappa shape index (κ1) is 25.6. The summed E-state index contributed by atoms with van der Waals surface area (Å²) in [6.07, 6.45) is 0.638. The molecule has 0 saturated heterocycles. The summed E-state index contributed by atoms with van der Waals surface area (Å²) in [6.45, 7) is 5.25. The molecule has 0 spiro atoms. The van der Waals surface area contributed by atoms with Crippen LogP contribution in [0.15, 0.2) is 71.6 Å². The minimum atomic E-state index is -4.01. The van der Waals surface area contributed by atoms with Crippen LogP contribution in [0.3, 0.4) is 0 Å². The Hall–Kier alpha value is -3.03. The fraction of sp³-hybridized carbons (Fsp3) is 0.269. The highest BCUT2D eigenvalue weighted by Crippen LogP contribution is 2.31. The fourth-order valence-electron chi connectivity index (χ4n) is 3.80. The molecule has 1 N–H and O–H groups in total. The van der Waals surface area contributed by atoms with Gasteiger partial charge in [0.15, 0.2) is 0 Å². The van der Waals surface area contributed by atoms with E-state index in [1.54, 1.807) is 50.4 Å². The van der Waals surface area contributed by atoms with E-state index in [0.29, 0.717) is 22.7 Å². The first-order valence-corrected chi connectivity index (χ1v) is 12.8. The van der Waals surface area contributed by atoms with Gasteiger partial charge in [0.2, 0.25) is 5.91 Å². The second kappa shape index (κ2) is 10.9. The van der Waals surface area contributed by atoms with E-state index in [1.165, 1.54) is 12.1 Å². The maximum absolute atomic E-state index is 13.6. The average Bonchev–Trinajstić information content (AvgIpc) is 2.83. The highest BCUT2D eigenvalue weighted by Gasteiger charge is 2.29. The smallest absolute Gasteiger partial charge is 0.264 e. The zero-order valence-corrected chi connectivity index (χ0v) is 21.3. The molecular weight excluding hydrogens is 472 g/mol. The quantitative estimate of drug-likeness (QED) is 0.425. The lowest BCUT2D eigenvalue weighted by molar-refractivity contribution is -0.120. The molecular formula is C26H29ClN2O4S. The number of ether oxygens (including phenoxy) is 1. The van der Waals surface area contributed by atoms with Crippen molar-refractivity contribution in [1.29, 1.82) is 0 Å². The lowest BCUT2D eigenvalue weighted by Crippen LogP contribution is -2.42. The number of nitrogens with one attached hydrogen (secondary N) is 1. The van der Waals surface area contributed by atoms with Crippen LogP contribution in [0.4, 0.5) is 5.69 Å². The number of hydrogen-bond donors (Lipinski definition) is 1. The van der Waals surface area contributed by atoms with Crippen LogP contribution in [0, 0.1) is 13.8 Å². The number of benzene rings is 3. The molecule has 0 aliphatic heterocycles. The van der Waals surface area contributed by atoms with Crippen molar-refractivity contribution in [3.05, 3.63) is 88.4 Å². The van der Waals surface area contributed by atoms with Gasteiger partial charge in [0.25, 0.3) is 10.0 Å². The summed E-state index contributed by atoms with van der Waals surface area (Å²) in [5.41, 5.74) is 2.82. The molecule has 0 unspecified atom stereocenters. The Morgan fingerprint density at radius 2 is 1.76 bits per heavy atom. The van der Waals surface area contributed by atoms with Gasteiger partial charge in [0.1, 0.15) is 12.3 Å². The molecule has 1 amide bonds. The van der Waals surface area contributed by atoms with Gasteiger partial charge in [0, 0.05) is 5.02 Å². The van der Waals surface area contributed by atoms with Crippen LogP contribution in [0.1, 0.15) is 36.1 Å². The van der Waals surface area contributed by atoms with Crippen LogP contribution in [-0.2, 0) is 14.8 Å². The molecule has 180 valence electrons. The predicted octanol–water partition coefficient (Wildman–Crippen LogP) is 5.43. The summed E-state index contributed by atoms with van der Waals surface area (Å²) >= 11 is 6.28. The van der Waals surface area contributed by atoms with E-state index in [1.807, 2.05) is 32.0 Å². The molecule has 3 aromatic rings. The number of anilines is 1. The summed E-state index contributed by atoms with van der Waals surface area (Å²) in [5.74, 6) is 0.348. The lowest BCUT2D eigenvalue weighted by atomic mass is 10.0. The summed E-state index contributed by atoms with van der Waals surface area (Å²) in [4.78, 5) is 13.3. The minimum absolute atomic E-state index is 0.0972. The third kappa shape index (κ3) is 5.54. The maximum atomic E-state index is 13.6. The molecule has 0 aliphatic rings. The van der Waals surface area contributed by atoms with E-state index in [0.717, 1.165) is 21.2 Å². The largest absolute Gasteiger partial charge is 0.496 e. The van der Waals surface area contributed by atoms with Gasteiger partial charge < -0.3 is 10.1 Å². The van der Waals surface area contributed by atoms with Crippen molar-refractivity contribution >= 4 is 33.2 Å². The summed E-state index contributed by atoms with van der Waals surface area (Å²) in [7, 11) is -2.40.